The Labute approximate surface area is 135 Å². The molecule has 3 nitrogen and oxygen atoms in total. The van der Waals surface area contributed by atoms with Gasteiger partial charge in [-0.3, -0.25) is 4.79 Å². The van der Waals surface area contributed by atoms with Crippen LogP contribution < -0.4 is 5.32 Å². The third kappa shape index (κ3) is 3.33. The van der Waals surface area contributed by atoms with Gasteiger partial charge in [0.2, 0.25) is 0 Å². The second-order valence-electron chi connectivity index (χ2n) is 5.65. The first-order valence-corrected chi connectivity index (χ1v) is 7.48. The van der Waals surface area contributed by atoms with Crippen molar-refractivity contribution in [1.82, 2.24) is 10.2 Å². The number of nitrogens with one attached hydrogen (secondary N) is 1. The van der Waals surface area contributed by atoms with Gasteiger partial charge in [-0.2, -0.15) is 0 Å². The zero-order valence-corrected chi connectivity index (χ0v) is 13.2. The van der Waals surface area contributed by atoms with Crippen LogP contribution in [0.2, 0.25) is 5.02 Å². The summed E-state index contributed by atoms with van der Waals surface area (Å²) in [6.07, 6.45) is 2.02. The maximum Gasteiger partial charge on any atom is 0.255 e. The number of fused-ring (bicyclic) bond motifs is 1. The molecule has 0 spiro atoms. The SMILES string of the molecule is Cl.O=C(c1cccc(F)c1Cl)N1CC[C@@H]2CNC[C@@H]2CC1. The molecule has 0 unspecified atom stereocenters. The highest BCUT2D eigenvalue weighted by Gasteiger charge is 2.32. The summed E-state index contributed by atoms with van der Waals surface area (Å²) in [5, 5.41) is 3.34. The Morgan fingerprint density at radius 1 is 1.24 bits per heavy atom. The second kappa shape index (κ2) is 6.95. The third-order valence-electron chi connectivity index (χ3n) is 4.49. The Morgan fingerprint density at radius 2 is 1.86 bits per heavy atom. The molecule has 2 aliphatic rings. The van der Waals surface area contributed by atoms with Gasteiger partial charge in [0.1, 0.15) is 5.82 Å². The van der Waals surface area contributed by atoms with Crippen LogP contribution in [0.3, 0.4) is 0 Å². The summed E-state index contributed by atoms with van der Waals surface area (Å²) in [4.78, 5) is 14.3. The highest BCUT2D eigenvalue weighted by Crippen LogP contribution is 2.29. The van der Waals surface area contributed by atoms with Crippen LogP contribution in [0, 0.1) is 17.7 Å². The van der Waals surface area contributed by atoms with E-state index in [2.05, 4.69) is 5.32 Å². The van der Waals surface area contributed by atoms with Crippen molar-refractivity contribution >= 4 is 29.9 Å². The van der Waals surface area contributed by atoms with E-state index < -0.39 is 5.82 Å². The molecule has 2 atom stereocenters. The van der Waals surface area contributed by atoms with Gasteiger partial charge >= 0.3 is 0 Å². The van der Waals surface area contributed by atoms with Crippen molar-refractivity contribution in [3.05, 3.63) is 34.6 Å². The summed E-state index contributed by atoms with van der Waals surface area (Å²) >= 11 is 5.91. The molecule has 0 saturated carbocycles. The fourth-order valence-corrected chi connectivity index (χ4v) is 3.47. The molecule has 2 aliphatic heterocycles. The summed E-state index contributed by atoms with van der Waals surface area (Å²) in [6.45, 7) is 3.56. The molecular weight excluding hydrogens is 314 g/mol. The fraction of sp³-hybridized carbons (Fsp3) is 0.533. The number of rotatable bonds is 1. The molecule has 2 heterocycles. The van der Waals surface area contributed by atoms with Gasteiger partial charge in [-0.25, -0.2) is 4.39 Å². The largest absolute Gasteiger partial charge is 0.339 e. The van der Waals surface area contributed by atoms with Crippen LogP contribution in [-0.4, -0.2) is 37.0 Å². The average Bonchev–Trinajstić information content (AvgIpc) is 2.80. The normalized spacial score (nSPS) is 25.0. The van der Waals surface area contributed by atoms with Crippen molar-refractivity contribution in [2.75, 3.05) is 26.2 Å². The van der Waals surface area contributed by atoms with E-state index in [4.69, 9.17) is 11.6 Å². The quantitative estimate of drug-likeness (QED) is 0.857. The molecule has 2 fully saturated rings. The topological polar surface area (TPSA) is 32.3 Å². The molecule has 6 heteroatoms. The van der Waals surface area contributed by atoms with Crippen molar-refractivity contribution < 1.29 is 9.18 Å². The van der Waals surface area contributed by atoms with Gasteiger partial charge in [0.15, 0.2) is 0 Å². The van der Waals surface area contributed by atoms with Gasteiger partial charge in [0.05, 0.1) is 10.6 Å². The van der Waals surface area contributed by atoms with Gasteiger partial charge in [-0.15, -0.1) is 12.4 Å². The van der Waals surface area contributed by atoms with Crippen molar-refractivity contribution in [2.45, 2.75) is 12.8 Å². The summed E-state index contributed by atoms with van der Waals surface area (Å²) < 4.78 is 13.5. The lowest BCUT2D eigenvalue weighted by Gasteiger charge is -2.21. The van der Waals surface area contributed by atoms with E-state index in [1.165, 1.54) is 12.1 Å². The molecule has 1 N–H and O–H groups in total. The molecule has 0 bridgehead atoms. The summed E-state index contributed by atoms with van der Waals surface area (Å²) in [5.41, 5.74) is 0.275. The molecular formula is C15H19Cl2FN2O. The predicted molar refractivity (Wildman–Crippen MR) is 83.6 cm³/mol. The Morgan fingerprint density at radius 3 is 2.48 bits per heavy atom. The van der Waals surface area contributed by atoms with Crippen molar-refractivity contribution in [3.63, 3.8) is 0 Å². The van der Waals surface area contributed by atoms with Crippen LogP contribution in [0.15, 0.2) is 18.2 Å². The molecule has 0 radical (unpaired) electrons. The van der Waals surface area contributed by atoms with Crippen LogP contribution >= 0.6 is 24.0 Å². The van der Waals surface area contributed by atoms with Gasteiger partial charge in [0, 0.05) is 13.1 Å². The van der Waals surface area contributed by atoms with Crippen molar-refractivity contribution in [3.8, 4) is 0 Å². The number of nitrogens with zero attached hydrogens (tertiary/aromatic N) is 1. The first kappa shape index (κ1) is 16.5. The van der Waals surface area contributed by atoms with Gasteiger partial charge in [-0.1, -0.05) is 17.7 Å². The minimum atomic E-state index is -0.534. The number of hydrogen-bond donors (Lipinski definition) is 1. The van der Waals surface area contributed by atoms with Crippen molar-refractivity contribution in [2.24, 2.45) is 11.8 Å². The maximum atomic E-state index is 13.5. The minimum absolute atomic E-state index is 0. The zero-order chi connectivity index (χ0) is 14.1. The molecule has 21 heavy (non-hydrogen) atoms. The van der Waals surface area contributed by atoms with E-state index >= 15 is 0 Å². The van der Waals surface area contributed by atoms with E-state index in [1.807, 2.05) is 4.90 Å². The Bertz CT molecular complexity index is 512. The number of benzene rings is 1. The molecule has 3 rings (SSSR count). The number of carbonyl (C=O) groups is 1. The number of carbonyl (C=O) groups excluding carboxylic acids is 1. The number of halogens is 3. The minimum Gasteiger partial charge on any atom is -0.339 e. The lowest BCUT2D eigenvalue weighted by atomic mass is 9.92. The van der Waals surface area contributed by atoms with Gasteiger partial charge in [-0.05, 0) is 49.9 Å². The molecule has 0 aromatic heterocycles. The van der Waals surface area contributed by atoms with Crippen LogP contribution in [0.4, 0.5) is 4.39 Å². The first-order valence-electron chi connectivity index (χ1n) is 7.11. The van der Waals surface area contributed by atoms with Gasteiger partial charge in [0.25, 0.3) is 5.91 Å². The first-order chi connectivity index (χ1) is 9.66. The second-order valence-corrected chi connectivity index (χ2v) is 6.03. The van der Waals surface area contributed by atoms with Crippen LogP contribution in [0.25, 0.3) is 0 Å². The molecule has 1 aromatic carbocycles. The maximum absolute atomic E-state index is 13.5. The van der Waals surface area contributed by atoms with E-state index in [1.54, 1.807) is 6.07 Å². The Kier molecular flexibility index (Phi) is 5.47. The van der Waals surface area contributed by atoms with Crippen molar-refractivity contribution in [1.29, 1.82) is 0 Å². The van der Waals surface area contributed by atoms with E-state index in [9.17, 15) is 9.18 Å². The van der Waals surface area contributed by atoms with Crippen LogP contribution in [-0.2, 0) is 0 Å². The molecule has 1 aromatic rings. The smallest absolute Gasteiger partial charge is 0.255 e. The highest BCUT2D eigenvalue weighted by atomic mass is 35.5. The van der Waals surface area contributed by atoms with Gasteiger partial charge < -0.3 is 10.2 Å². The average molecular weight is 333 g/mol. The molecule has 2 saturated heterocycles. The zero-order valence-electron chi connectivity index (χ0n) is 11.6. The van der Waals surface area contributed by atoms with Crippen LogP contribution in [0.1, 0.15) is 23.2 Å². The highest BCUT2D eigenvalue weighted by molar-refractivity contribution is 6.34. The van der Waals surface area contributed by atoms with Crippen LogP contribution in [0.5, 0.6) is 0 Å². The third-order valence-corrected chi connectivity index (χ3v) is 4.87. The number of hydrogen-bond acceptors (Lipinski definition) is 2. The number of likely N-dealkylation sites (tertiary alicyclic amines) is 1. The standard InChI is InChI=1S/C15H18ClFN2O.ClH/c16-14-12(2-1-3-13(14)17)15(20)19-6-4-10-8-18-9-11(10)5-7-19;/h1-3,10-11,18H,4-9H2;1H/t10-,11+;. The molecule has 0 aliphatic carbocycles. The summed E-state index contributed by atoms with van der Waals surface area (Å²) in [5.74, 6) is 0.641. The Balaban J connectivity index is 0.00000161. The lowest BCUT2D eigenvalue weighted by Crippen LogP contribution is -2.33. The number of amides is 1. The van der Waals surface area contributed by atoms with E-state index in [0.717, 1.165) is 39.0 Å². The molecule has 116 valence electrons. The Hall–Kier alpha value is -0.840. The monoisotopic (exact) mass is 332 g/mol. The lowest BCUT2D eigenvalue weighted by molar-refractivity contribution is 0.0758. The van der Waals surface area contributed by atoms with E-state index in [-0.39, 0.29) is 28.9 Å². The summed E-state index contributed by atoms with van der Waals surface area (Å²) in [7, 11) is 0. The van der Waals surface area contributed by atoms with E-state index in [0.29, 0.717) is 11.8 Å². The predicted octanol–water partition coefficient (Wildman–Crippen LogP) is 2.97. The molecule has 1 amide bonds. The fourth-order valence-electron chi connectivity index (χ4n) is 3.26. The summed E-state index contributed by atoms with van der Waals surface area (Å²) in [6, 6.07) is 4.41.